The normalized spacial score (nSPS) is 14.2. The molecule has 8 nitrogen and oxygen atoms in total. The maximum absolute atomic E-state index is 15.4. The van der Waals surface area contributed by atoms with E-state index in [1.165, 1.54) is 30.9 Å². The van der Waals surface area contributed by atoms with Gasteiger partial charge in [0.1, 0.15) is 17.3 Å². The van der Waals surface area contributed by atoms with E-state index in [0.717, 1.165) is 10.3 Å². The number of aryl methyl sites for hydroxylation is 1. The van der Waals surface area contributed by atoms with Crippen LogP contribution in [0.3, 0.4) is 0 Å². The van der Waals surface area contributed by atoms with Crippen molar-refractivity contribution in [1.29, 1.82) is 0 Å². The number of halogens is 1. The van der Waals surface area contributed by atoms with E-state index in [-0.39, 0.29) is 16.7 Å². The Morgan fingerprint density at radius 2 is 1.70 bits per heavy atom. The number of ether oxygens (including phenoxy) is 1. The number of nitrogens with one attached hydrogen (secondary N) is 1. The van der Waals surface area contributed by atoms with Gasteiger partial charge in [-0.05, 0) is 36.4 Å². The molecule has 0 saturated carbocycles. The fraction of sp³-hybridized carbons (Fsp3) is 0.143. The fourth-order valence-electron chi connectivity index (χ4n) is 5.30. The molecule has 3 heterocycles. The summed E-state index contributed by atoms with van der Waals surface area (Å²) < 4.78 is 25.3. The topological polar surface area (TPSA) is 90.4 Å². The van der Waals surface area contributed by atoms with Crippen LogP contribution in [0.2, 0.25) is 0 Å². The van der Waals surface area contributed by atoms with Crippen LogP contribution in [-0.4, -0.2) is 25.9 Å². The number of para-hydroxylation sites is 2. The van der Waals surface area contributed by atoms with Gasteiger partial charge >= 0.3 is 5.69 Å². The van der Waals surface area contributed by atoms with E-state index in [9.17, 15) is 14.7 Å². The maximum atomic E-state index is 15.4. The van der Waals surface area contributed by atoms with Gasteiger partial charge in [0.25, 0.3) is 5.56 Å². The highest BCUT2D eigenvalue weighted by Gasteiger charge is 2.36. The largest absolute Gasteiger partial charge is 0.508 e. The second-order valence-corrected chi connectivity index (χ2v) is 9.00. The van der Waals surface area contributed by atoms with Crippen molar-refractivity contribution in [3.63, 3.8) is 0 Å². The highest BCUT2D eigenvalue weighted by molar-refractivity contribution is 5.99. The Morgan fingerprint density at radius 1 is 0.973 bits per heavy atom. The minimum Gasteiger partial charge on any atom is -0.508 e. The summed E-state index contributed by atoms with van der Waals surface area (Å²) in [5.41, 5.74) is 2.66. The number of phenols is 1. The Morgan fingerprint density at radius 3 is 2.46 bits per heavy atom. The molecule has 2 aromatic heterocycles. The Kier molecular flexibility index (Phi) is 4.98. The highest BCUT2D eigenvalue weighted by Crippen LogP contribution is 2.47. The number of benzene rings is 3. The molecular formula is C28H23FN4O4. The number of fused-ring (bicyclic) bond motifs is 5. The van der Waals surface area contributed by atoms with Crippen molar-refractivity contribution >= 4 is 16.6 Å². The number of rotatable bonds is 3. The van der Waals surface area contributed by atoms with Gasteiger partial charge in [0.15, 0.2) is 0 Å². The van der Waals surface area contributed by atoms with Crippen LogP contribution in [0, 0.1) is 5.82 Å². The molecule has 9 heteroatoms. The van der Waals surface area contributed by atoms with Gasteiger partial charge in [-0.15, -0.1) is 0 Å². The Hall–Kier alpha value is -4.79. The van der Waals surface area contributed by atoms with Crippen molar-refractivity contribution in [3.05, 3.63) is 105 Å². The molecule has 5 aromatic rings. The van der Waals surface area contributed by atoms with Gasteiger partial charge in [0.05, 0.1) is 46.8 Å². The zero-order chi connectivity index (χ0) is 26.0. The van der Waals surface area contributed by atoms with Crippen molar-refractivity contribution in [2.24, 2.45) is 14.1 Å². The second-order valence-electron chi connectivity index (χ2n) is 9.00. The summed E-state index contributed by atoms with van der Waals surface area (Å²) in [5, 5.41) is 13.8. The summed E-state index contributed by atoms with van der Waals surface area (Å²) in [6.45, 7) is 0. The molecule has 1 atom stereocenters. The van der Waals surface area contributed by atoms with Gasteiger partial charge in [0, 0.05) is 31.3 Å². The molecule has 0 radical (unpaired) electrons. The number of phenolic OH excluding ortho intramolecular Hbond substituents is 1. The highest BCUT2D eigenvalue weighted by atomic mass is 19.1. The summed E-state index contributed by atoms with van der Waals surface area (Å²) >= 11 is 0. The number of anilines is 1. The standard InChI is InChI=1S/C28H23FN4O4/c1-31-25-22(27(35)32(2)28(31)36)24(16-8-4-5-9-18(16)29)33-20-11-7-6-10-19(20)30-23(26(25)33)17-13-12-15(34)14-21(17)37-3/h4-14,23,30,34H,1-3H3. The van der Waals surface area contributed by atoms with Crippen LogP contribution in [0.4, 0.5) is 10.1 Å². The number of hydrogen-bond acceptors (Lipinski definition) is 5. The molecule has 3 aromatic carbocycles. The second kappa shape index (κ2) is 8.12. The first-order valence-electron chi connectivity index (χ1n) is 11.7. The lowest BCUT2D eigenvalue weighted by Crippen LogP contribution is -2.37. The Labute approximate surface area is 210 Å². The lowest BCUT2D eigenvalue weighted by atomic mass is 9.98. The molecule has 0 spiro atoms. The summed E-state index contributed by atoms with van der Waals surface area (Å²) in [6, 6.07) is 18.0. The summed E-state index contributed by atoms with van der Waals surface area (Å²) in [4.78, 5) is 26.8. The monoisotopic (exact) mass is 498 g/mol. The van der Waals surface area contributed by atoms with Crippen LogP contribution in [0.5, 0.6) is 11.5 Å². The van der Waals surface area contributed by atoms with E-state index >= 15 is 4.39 Å². The predicted octanol–water partition coefficient (Wildman–Crippen LogP) is 4.06. The number of nitrogens with zero attached hydrogens (tertiary/aromatic N) is 3. The molecule has 0 fully saturated rings. The average Bonchev–Trinajstić information content (AvgIpc) is 3.27. The first-order valence-corrected chi connectivity index (χ1v) is 11.7. The van der Waals surface area contributed by atoms with Gasteiger partial charge in [-0.25, -0.2) is 9.18 Å². The molecule has 1 aliphatic rings. The number of methoxy groups -OCH3 is 1. The molecule has 186 valence electrons. The number of hydrogen-bond donors (Lipinski definition) is 2. The molecule has 1 unspecified atom stereocenters. The third-order valence-electron chi connectivity index (χ3n) is 6.98. The molecule has 6 rings (SSSR count). The smallest absolute Gasteiger partial charge is 0.331 e. The van der Waals surface area contributed by atoms with Crippen LogP contribution < -0.4 is 21.3 Å². The van der Waals surface area contributed by atoms with E-state index in [1.807, 2.05) is 28.8 Å². The van der Waals surface area contributed by atoms with Gasteiger partial charge in [0.2, 0.25) is 0 Å². The van der Waals surface area contributed by atoms with Gasteiger partial charge in [-0.2, -0.15) is 0 Å². The van der Waals surface area contributed by atoms with E-state index in [2.05, 4.69) is 5.32 Å². The molecule has 37 heavy (non-hydrogen) atoms. The molecule has 0 amide bonds. The molecular weight excluding hydrogens is 475 g/mol. The van der Waals surface area contributed by atoms with Gasteiger partial charge in [-0.1, -0.05) is 24.3 Å². The van der Waals surface area contributed by atoms with Crippen molar-refractivity contribution in [2.45, 2.75) is 6.04 Å². The Bertz CT molecular complexity index is 1850. The van der Waals surface area contributed by atoms with Gasteiger partial charge in [-0.3, -0.25) is 13.9 Å². The van der Waals surface area contributed by atoms with Gasteiger partial charge < -0.3 is 19.7 Å². The van der Waals surface area contributed by atoms with E-state index in [4.69, 9.17) is 4.74 Å². The maximum Gasteiger partial charge on any atom is 0.331 e. The first kappa shape index (κ1) is 22.7. The predicted molar refractivity (Wildman–Crippen MR) is 139 cm³/mol. The average molecular weight is 499 g/mol. The quantitative estimate of drug-likeness (QED) is 0.392. The third-order valence-corrected chi connectivity index (χ3v) is 6.98. The van der Waals surface area contributed by atoms with Crippen LogP contribution in [-0.2, 0) is 14.1 Å². The van der Waals surface area contributed by atoms with Crippen molar-refractivity contribution in [1.82, 2.24) is 13.7 Å². The van der Waals surface area contributed by atoms with Crippen molar-refractivity contribution in [2.75, 3.05) is 12.4 Å². The lowest BCUT2D eigenvalue weighted by Gasteiger charge is -2.32. The molecule has 2 N–H and O–H groups in total. The minimum atomic E-state index is -0.605. The fourth-order valence-corrected chi connectivity index (χ4v) is 5.30. The zero-order valence-corrected chi connectivity index (χ0v) is 20.3. The summed E-state index contributed by atoms with van der Waals surface area (Å²) in [5.74, 6) is -0.0418. The number of aromatic nitrogens is 3. The van der Waals surface area contributed by atoms with E-state index < -0.39 is 23.1 Å². The molecule has 0 saturated heterocycles. The lowest BCUT2D eigenvalue weighted by molar-refractivity contribution is 0.401. The van der Waals surface area contributed by atoms with E-state index in [0.29, 0.717) is 33.9 Å². The van der Waals surface area contributed by atoms with Crippen LogP contribution in [0.25, 0.3) is 27.8 Å². The van der Waals surface area contributed by atoms with Crippen LogP contribution >= 0.6 is 0 Å². The third kappa shape index (κ3) is 3.13. The number of aromatic hydroxyl groups is 1. The SMILES string of the molecule is COc1cc(O)ccc1C1Nc2ccccc2-n2c(-c3ccccc3F)c3c(=O)n(C)c(=O)n(C)c3c21. The summed E-state index contributed by atoms with van der Waals surface area (Å²) in [6.07, 6.45) is 0. The zero-order valence-electron chi connectivity index (χ0n) is 20.3. The minimum absolute atomic E-state index is 0.0327. The first-order chi connectivity index (χ1) is 17.8. The van der Waals surface area contributed by atoms with E-state index in [1.54, 1.807) is 37.4 Å². The van der Waals surface area contributed by atoms with Crippen LogP contribution in [0.1, 0.15) is 17.3 Å². The molecule has 0 aliphatic carbocycles. The van der Waals surface area contributed by atoms with Crippen LogP contribution in [0.15, 0.2) is 76.3 Å². The summed E-state index contributed by atoms with van der Waals surface area (Å²) in [7, 11) is 4.52. The Balaban J connectivity index is 1.88. The molecule has 1 aliphatic heterocycles. The van der Waals surface area contributed by atoms with Crippen molar-refractivity contribution in [3.8, 4) is 28.4 Å². The molecule has 0 bridgehead atoms. The van der Waals surface area contributed by atoms with Crippen molar-refractivity contribution < 1.29 is 14.2 Å².